The summed E-state index contributed by atoms with van der Waals surface area (Å²) in [5.74, 6) is -2.39. The highest BCUT2D eigenvalue weighted by Crippen LogP contribution is 2.29. The first-order valence-corrected chi connectivity index (χ1v) is 18.7. The molecule has 5 aromatic rings. The van der Waals surface area contributed by atoms with Crippen LogP contribution >= 0.6 is 0 Å². The second-order valence-electron chi connectivity index (χ2n) is 12.6. The highest BCUT2D eigenvalue weighted by Gasteiger charge is 2.19. The van der Waals surface area contributed by atoms with Gasteiger partial charge in [0.2, 0.25) is 0 Å². The van der Waals surface area contributed by atoms with Gasteiger partial charge in [-0.3, -0.25) is 14.4 Å². The van der Waals surface area contributed by atoms with E-state index in [0.29, 0.717) is 39.6 Å². The molecule has 0 saturated carbocycles. The van der Waals surface area contributed by atoms with E-state index in [-0.39, 0.29) is 80.0 Å². The molecule has 4 aromatic carbocycles. The number of para-hydroxylation sites is 3. The zero-order chi connectivity index (χ0) is 45.2. The number of aliphatic hydroxyl groups is 4. The zero-order valence-corrected chi connectivity index (χ0v) is 34.0. The molecule has 0 saturated heterocycles. The summed E-state index contributed by atoms with van der Waals surface area (Å²) in [7, 11) is 1.22. The predicted molar refractivity (Wildman–Crippen MR) is 233 cm³/mol. The number of rotatable bonds is 17. The van der Waals surface area contributed by atoms with Crippen LogP contribution in [-0.2, 0) is 14.3 Å². The number of hydrogen-bond donors (Lipinski definition) is 8. The minimum absolute atomic E-state index is 0. The number of azo groups is 2. The van der Waals surface area contributed by atoms with Gasteiger partial charge in [0, 0.05) is 17.7 Å². The van der Waals surface area contributed by atoms with Crippen molar-refractivity contribution in [3.05, 3.63) is 129 Å². The standard InChI is InChI=1S/C23H25N3O7.C19H19N5O5.CH4/c1-4-19(29)16-10-9-15(23(31)32-3)13-18(16)25-26-21(14(2)28)22(30)24-17-7-5-6-8-20(17)33-12-11-27;1-11(26)17(24-23-14-4-2-3-5-16(14)29-9-8-25)18(27)20-12-6-7-13-15(10-12)22-19(28)21-13;/h5-10,13,27-28H,4,11-12H2,1-3H3,(H,24,30);2-7,10,25-26H,8-9H2,1H3,(H,20,27)(H2,21,22,28);1H4. The Morgan fingerprint density at radius 2 is 1.27 bits per heavy atom. The van der Waals surface area contributed by atoms with Crippen LogP contribution in [0.25, 0.3) is 11.0 Å². The number of anilines is 2. The molecule has 20 nitrogen and oxygen atoms in total. The minimum atomic E-state index is -0.786. The Kier molecular flexibility index (Phi) is 19.1. The molecular formula is C43H48N8O12. The molecule has 8 N–H and O–H groups in total. The number of aromatic amines is 2. The summed E-state index contributed by atoms with van der Waals surface area (Å²) < 4.78 is 15.4. The lowest BCUT2D eigenvalue weighted by atomic mass is 10.0. The largest absolute Gasteiger partial charge is 0.510 e. The van der Waals surface area contributed by atoms with Crippen LogP contribution in [-0.4, -0.2) is 87.5 Å². The quantitative estimate of drug-likeness (QED) is 0.0150. The Morgan fingerprint density at radius 1 is 0.698 bits per heavy atom. The highest BCUT2D eigenvalue weighted by molar-refractivity contribution is 6.05. The molecule has 332 valence electrons. The number of Topliss-reactive ketones (excluding diaryl/α,β-unsaturated/α-hetero) is 1. The number of aliphatic hydroxyl groups excluding tert-OH is 4. The van der Waals surface area contributed by atoms with E-state index in [1.54, 1.807) is 73.7 Å². The molecule has 0 aliphatic rings. The molecule has 0 bridgehead atoms. The first-order chi connectivity index (χ1) is 29.8. The molecule has 1 heterocycles. The van der Waals surface area contributed by atoms with Crippen molar-refractivity contribution in [2.75, 3.05) is 44.2 Å². The number of H-pyrrole nitrogens is 2. The summed E-state index contributed by atoms with van der Waals surface area (Å²) in [4.78, 5) is 66.0. The minimum Gasteiger partial charge on any atom is -0.510 e. The summed E-state index contributed by atoms with van der Waals surface area (Å²) in [6.45, 7) is 3.98. The third kappa shape index (κ3) is 14.1. The lowest BCUT2D eigenvalue weighted by Crippen LogP contribution is -2.16. The number of allylic oxidation sites excluding steroid dienone is 2. The van der Waals surface area contributed by atoms with Crippen molar-refractivity contribution < 1.29 is 53.8 Å². The van der Waals surface area contributed by atoms with E-state index in [4.69, 9.17) is 19.7 Å². The highest BCUT2D eigenvalue weighted by atomic mass is 16.5. The van der Waals surface area contributed by atoms with Crippen LogP contribution in [0.2, 0.25) is 0 Å². The summed E-state index contributed by atoms with van der Waals surface area (Å²) in [6, 6.07) is 22.2. The van der Waals surface area contributed by atoms with E-state index in [2.05, 4.69) is 45.8 Å². The third-order valence-corrected chi connectivity index (χ3v) is 8.14. The summed E-state index contributed by atoms with van der Waals surface area (Å²) >= 11 is 0. The summed E-state index contributed by atoms with van der Waals surface area (Å²) in [5.41, 5.74) is 1.48. The second kappa shape index (κ2) is 24.3. The SMILES string of the molecule is C.CC(O)=C(N=Nc1ccccc1OCCO)C(=O)Nc1ccc2[nH]c(=O)[nH]c2c1.CCC(=O)c1ccc(C(=O)OC)cc1N=NC(C(=O)Nc1ccccc1OCCO)=C(C)O. The van der Waals surface area contributed by atoms with Crippen molar-refractivity contribution in [1.29, 1.82) is 0 Å². The number of amides is 2. The van der Waals surface area contributed by atoms with Crippen LogP contribution < -0.4 is 25.8 Å². The van der Waals surface area contributed by atoms with Gasteiger partial charge in [-0.25, -0.2) is 9.59 Å². The van der Waals surface area contributed by atoms with Crippen LogP contribution in [0.5, 0.6) is 11.5 Å². The number of aromatic nitrogens is 2. The lowest BCUT2D eigenvalue weighted by Gasteiger charge is -2.12. The van der Waals surface area contributed by atoms with Crippen molar-refractivity contribution in [2.45, 2.75) is 34.6 Å². The molecule has 0 radical (unpaired) electrons. The Morgan fingerprint density at radius 3 is 1.89 bits per heavy atom. The fraction of sp³-hybridized carbons (Fsp3) is 0.233. The first-order valence-electron chi connectivity index (χ1n) is 18.7. The molecule has 0 spiro atoms. The number of imidazole rings is 1. The number of esters is 1. The molecule has 0 aliphatic heterocycles. The van der Waals surface area contributed by atoms with Gasteiger partial charge in [0.15, 0.2) is 17.2 Å². The normalized spacial score (nSPS) is 11.7. The Balaban J connectivity index is 0.000000332. The van der Waals surface area contributed by atoms with Crippen molar-refractivity contribution in [1.82, 2.24) is 9.97 Å². The van der Waals surface area contributed by atoms with Gasteiger partial charge >= 0.3 is 11.7 Å². The second-order valence-corrected chi connectivity index (χ2v) is 12.6. The van der Waals surface area contributed by atoms with Gasteiger partial charge in [-0.2, -0.15) is 0 Å². The molecule has 2 amide bonds. The first kappa shape index (κ1) is 49.4. The van der Waals surface area contributed by atoms with Crippen LogP contribution in [0.1, 0.15) is 55.3 Å². The van der Waals surface area contributed by atoms with Crippen LogP contribution in [0.15, 0.2) is 133 Å². The number of hydrogen-bond acceptors (Lipinski definition) is 16. The van der Waals surface area contributed by atoms with E-state index < -0.39 is 29.2 Å². The third-order valence-electron chi connectivity index (χ3n) is 8.14. The summed E-state index contributed by atoms with van der Waals surface area (Å²) in [5, 5.41) is 58.6. The topological polar surface area (TPSA) is 299 Å². The monoisotopic (exact) mass is 868 g/mol. The van der Waals surface area contributed by atoms with Gasteiger partial charge in [0.05, 0.1) is 48.3 Å². The van der Waals surface area contributed by atoms with Gasteiger partial charge in [-0.1, -0.05) is 38.6 Å². The molecule has 0 atom stereocenters. The van der Waals surface area contributed by atoms with Crippen LogP contribution in [0.4, 0.5) is 22.7 Å². The predicted octanol–water partition coefficient (Wildman–Crippen LogP) is 7.32. The van der Waals surface area contributed by atoms with E-state index in [9.17, 15) is 34.2 Å². The zero-order valence-electron chi connectivity index (χ0n) is 34.0. The molecular weight excluding hydrogens is 821 g/mol. The molecule has 20 heteroatoms. The van der Waals surface area contributed by atoms with Crippen molar-refractivity contribution >= 4 is 57.3 Å². The number of ether oxygens (including phenoxy) is 3. The number of fused-ring (bicyclic) bond motifs is 1. The van der Waals surface area contributed by atoms with Gasteiger partial charge in [-0.05, 0) is 74.5 Å². The van der Waals surface area contributed by atoms with E-state index in [0.717, 1.165) is 0 Å². The number of methoxy groups -OCH3 is 1. The fourth-order valence-corrected chi connectivity index (χ4v) is 5.21. The average molecular weight is 869 g/mol. The number of ketones is 1. The fourth-order valence-electron chi connectivity index (χ4n) is 5.21. The maximum atomic E-state index is 12.8. The van der Waals surface area contributed by atoms with Gasteiger partial charge in [-0.15, -0.1) is 20.5 Å². The maximum Gasteiger partial charge on any atom is 0.337 e. The number of carbonyl (C=O) groups excluding carboxylic acids is 4. The average Bonchev–Trinajstić information content (AvgIpc) is 3.64. The van der Waals surface area contributed by atoms with Gasteiger partial charge < -0.3 is 55.2 Å². The number of nitrogens with one attached hydrogen (secondary N) is 4. The van der Waals surface area contributed by atoms with Crippen molar-refractivity contribution in [3.63, 3.8) is 0 Å². The molecule has 0 unspecified atom stereocenters. The number of carbonyl (C=O) groups is 4. The molecule has 1 aromatic heterocycles. The lowest BCUT2D eigenvalue weighted by molar-refractivity contribution is -0.113. The summed E-state index contributed by atoms with van der Waals surface area (Å²) in [6.07, 6.45) is 0.187. The van der Waals surface area contributed by atoms with Crippen molar-refractivity contribution in [3.8, 4) is 11.5 Å². The molecule has 63 heavy (non-hydrogen) atoms. The molecule has 5 rings (SSSR count). The van der Waals surface area contributed by atoms with Gasteiger partial charge in [0.25, 0.3) is 11.8 Å². The van der Waals surface area contributed by atoms with Crippen LogP contribution in [0, 0.1) is 0 Å². The Bertz CT molecular complexity index is 2590. The Hall–Kier alpha value is -7.97. The smallest absolute Gasteiger partial charge is 0.337 e. The van der Waals surface area contributed by atoms with E-state index in [1.807, 2.05) is 0 Å². The van der Waals surface area contributed by atoms with E-state index in [1.165, 1.54) is 39.2 Å². The van der Waals surface area contributed by atoms with Crippen LogP contribution in [0.3, 0.4) is 0 Å². The number of benzene rings is 4. The maximum absolute atomic E-state index is 12.8. The van der Waals surface area contributed by atoms with E-state index >= 15 is 0 Å². The van der Waals surface area contributed by atoms with Crippen molar-refractivity contribution in [2.24, 2.45) is 20.5 Å². The number of nitrogens with zero attached hydrogens (tertiary/aromatic N) is 4. The molecule has 0 fully saturated rings. The van der Waals surface area contributed by atoms with Gasteiger partial charge in [0.1, 0.15) is 41.9 Å². The molecule has 0 aliphatic carbocycles. The Labute approximate surface area is 360 Å².